The SMILES string of the molecule is Cc1nc(C(=O)N2Cc3ccnn3C[C@@H](OCc3cccnc3)C2)cs1. The fourth-order valence-corrected chi connectivity index (χ4v) is 3.58. The number of aryl methyl sites for hydroxylation is 1. The van der Waals surface area contributed by atoms with Crippen molar-refractivity contribution >= 4 is 17.2 Å². The lowest BCUT2D eigenvalue weighted by molar-refractivity contribution is 0.00893. The van der Waals surface area contributed by atoms with Crippen LogP contribution in [-0.4, -0.2) is 43.2 Å². The number of carbonyl (C=O) groups is 1. The van der Waals surface area contributed by atoms with Gasteiger partial charge in [0.1, 0.15) is 5.69 Å². The summed E-state index contributed by atoms with van der Waals surface area (Å²) in [6, 6.07) is 5.80. The third-order valence-electron chi connectivity index (χ3n) is 4.29. The van der Waals surface area contributed by atoms with Crippen molar-refractivity contribution in [2.24, 2.45) is 0 Å². The van der Waals surface area contributed by atoms with E-state index >= 15 is 0 Å². The molecule has 1 aliphatic rings. The highest BCUT2D eigenvalue weighted by atomic mass is 32.1. The fourth-order valence-electron chi connectivity index (χ4n) is 3.00. The van der Waals surface area contributed by atoms with Crippen LogP contribution in [0.4, 0.5) is 0 Å². The number of rotatable bonds is 4. The Bertz CT molecular complexity index is 892. The number of amides is 1. The van der Waals surface area contributed by atoms with Crippen molar-refractivity contribution in [3.05, 3.63) is 64.1 Å². The molecule has 4 heterocycles. The summed E-state index contributed by atoms with van der Waals surface area (Å²) in [5, 5.41) is 7.06. The number of pyridine rings is 1. The molecule has 3 aromatic heterocycles. The Hall–Kier alpha value is -2.58. The topological polar surface area (TPSA) is 73.1 Å². The predicted molar refractivity (Wildman–Crippen MR) is 96.6 cm³/mol. The number of hydrogen-bond donors (Lipinski definition) is 0. The summed E-state index contributed by atoms with van der Waals surface area (Å²) < 4.78 is 7.99. The van der Waals surface area contributed by atoms with E-state index in [1.807, 2.05) is 35.2 Å². The average molecular weight is 369 g/mol. The summed E-state index contributed by atoms with van der Waals surface area (Å²) in [6.07, 6.45) is 5.13. The average Bonchev–Trinajstić information content (AvgIpc) is 3.24. The van der Waals surface area contributed by atoms with Crippen molar-refractivity contribution in [1.29, 1.82) is 0 Å². The Morgan fingerprint density at radius 2 is 2.27 bits per heavy atom. The monoisotopic (exact) mass is 369 g/mol. The van der Waals surface area contributed by atoms with Crippen LogP contribution in [-0.2, 0) is 24.4 Å². The second-order valence-electron chi connectivity index (χ2n) is 6.24. The first kappa shape index (κ1) is 16.9. The maximum Gasteiger partial charge on any atom is 0.273 e. The molecular formula is C18H19N5O2S. The quantitative estimate of drug-likeness (QED) is 0.705. The van der Waals surface area contributed by atoms with Crippen LogP contribution in [0, 0.1) is 6.92 Å². The van der Waals surface area contributed by atoms with Crippen molar-refractivity contribution in [1.82, 2.24) is 24.6 Å². The van der Waals surface area contributed by atoms with Gasteiger partial charge in [-0.3, -0.25) is 14.5 Å². The number of nitrogens with zero attached hydrogens (tertiary/aromatic N) is 5. The molecule has 1 aliphatic heterocycles. The Balaban J connectivity index is 1.52. The van der Waals surface area contributed by atoms with Gasteiger partial charge in [-0.2, -0.15) is 5.10 Å². The van der Waals surface area contributed by atoms with Crippen LogP contribution in [0.1, 0.15) is 26.8 Å². The molecular weight excluding hydrogens is 350 g/mol. The molecule has 1 amide bonds. The van der Waals surface area contributed by atoms with Gasteiger partial charge in [-0.25, -0.2) is 4.98 Å². The van der Waals surface area contributed by atoms with Crippen LogP contribution < -0.4 is 0 Å². The van der Waals surface area contributed by atoms with Crippen molar-refractivity contribution in [3.8, 4) is 0 Å². The number of carbonyl (C=O) groups excluding carboxylic acids is 1. The minimum Gasteiger partial charge on any atom is -0.370 e. The zero-order valence-electron chi connectivity index (χ0n) is 14.4. The first-order valence-electron chi connectivity index (χ1n) is 8.41. The molecule has 134 valence electrons. The molecule has 0 aromatic carbocycles. The van der Waals surface area contributed by atoms with E-state index in [0.29, 0.717) is 31.9 Å². The molecule has 1 atom stereocenters. The highest BCUT2D eigenvalue weighted by Crippen LogP contribution is 2.18. The van der Waals surface area contributed by atoms with Gasteiger partial charge in [0.2, 0.25) is 0 Å². The van der Waals surface area contributed by atoms with E-state index in [1.54, 1.807) is 23.5 Å². The van der Waals surface area contributed by atoms with Gasteiger partial charge in [0, 0.05) is 30.5 Å². The summed E-state index contributed by atoms with van der Waals surface area (Å²) in [5.74, 6) is -0.0704. The first-order valence-corrected chi connectivity index (χ1v) is 9.29. The molecule has 0 bridgehead atoms. The maximum atomic E-state index is 12.9. The van der Waals surface area contributed by atoms with Gasteiger partial charge in [0.15, 0.2) is 0 Å². The van der Waals surface area contributed by atoms with E-state index in [9.17, 15) is 4.79 Å². The van der Waals surface area contributed by atoms with E-state index < -0.39 is 0 Å². The molecule has 0 radical (unpaired) electrons. The zero-order valence-corrected chi connectivity index (χ0v) is 15.2. The van der Waals surface area contributed by atoms with E-state index in [2.05, 4.69) is 15.1 Å². The molecule has 26 heavy (non-hydrogen) atoms. The maximum absolute atomic E-state index is 12.9. The number of thiazole rings is 1. The van der Waals surface area contributed by atoms with Gasteiger partial charge in [-0.05, 0) is 24.6 Å². The van der Waals surface area contributed by atoms with Gasteiger partial charge in [0.25, 0.3) is 5.91 Å². The number of ether oxygens (including phenoxy) is 1. The van der Waals surface area contributed by atoms with Gasteiger partial charge < -0.3 is 9.64 Å². The highest BCUT2D eigenvalue weighted by Gasteiger charge is 2.27. The summed E-state index contributed by atoms with van der Waals surface area (Å²) >= 11 is 1.48. The number of hydrogen-bond acceptors (Lipinski definition) is 6. The van der Waals surface area contributed by atoms with Gasteiger partial charge >= 0.3 is 0 Å². The van der Waals surface area contributed by atoms with Crippen molar-refractivity contribution < 1.29 is 9.53 Å². The molecule has 0 saturated heterocycles. The van der Waals surface area contributed by atoms with E-state index in [-0.39, 0.29) is 12.0 Å². The second-order valence-corrected chi connectivity index (χ2v) is 7.30. The molecule has 0 fully saturated rings. The number of aromatic nitrogens is 4. The van der Waals surface area contributed by atoms with Crippen LogP contribution in [0.3, 0.4) is 0 Å². The van der Waals surface area contributed by atoms with Crippen molar-refractivity contribution in [2.45, 2.75) is 32.7 Å². The smallest absolute Gasteiger partial charge is 0.273 e. The summed E-state index contributed by atoms with van der Waals surface area (Å²) in [4.78, 5) is 23.1. The van der Waals surface area contributed by atoms with Crippen LogP contribution in [0.2, 0.25) is 0 Å². The Morgan fingerprint density at radius 1 is 1.35 bits per heavy atom. The summed E-state index contributed by atoms with van der Waals surface area (Å²) in [6.45, 7) is 3.97. The molecule has 3 aromatic rings. The summed E-state index contributed by atoms with van der Waals surface area (Å²) in [5.41, 5.74) is 2.50. The van der Waals surface area contributed by atoms with Crippen LogP contribution >= 0.6 is 11.3 Å². The number of fused-ring (bicyclic) bond motifs is 1. The molecule has 0 saturated carbocycles. The lowest BCUT2D eigenvalue weighted by atomic mass is 10.2. The molecule has 4 rings (SSSR count). The minimum atomic E-state index is -0.153. The first-order chi connectivity index (χ1) is 12.7. The highest BCUT2D eigenvalue weighted by molar-refractivity contribution is 7.09. The Kier molecular flexibility index (Phi) is 4.77. The molecule has 0 aliphatic carbocycles. The molecule has 8 heteroatoms. The Morgan fingerprint density at radius 3 is 3.04 bits per heavy atom. The van der Waals surface area contributed by atoms with E-state index in [0.717, 1.165) is 16.3 Å². The largest absolute Gasteiger partial charge is 0.370 e. The van der Waals surface area contributed by atoms with Crippen molar-refractivity contribution in [3.63, 3.8) is 0 Å². The minimum absolute atomic E-state index is 0.0704. The molecule has 0 unspecified atom stereocenters. The Labute approximate surface area is 155 Å². The van der Waals surface area contributed by atoms with Crippen LogP contribution in [0.5, 0.6) is 0 Å². The van der Waals surface area contributed by atoms with Crippen LogP contribution in [0.25, 0.3) is 0 Å². The third kappa shape index (κ3) is 3.66. The standard InChI is InChI=1S/C18H19N5O2S/c1-13-21-17(12-26-13)18(24)22-8-15-4-6-20-23(15)10-16(9-22)25-11-14-3-2-5-19-7-14/h2-7,12,16H,8-11H2,1H3/t16-/m0/s1. The van der Waals surface area contributed by atoms with Gasteiger partial charge in [0.05, 0.1) is 36.5 Å². The lowest BCUT2D eigenvalue weighted by Gasteiger charge is -2.23. The lowest BCUT2D eigenvalue weighted by Crippen LogP contribution is -2.37. The molecule has 7 nitrogen and oxygen atoms in total. The van der Waals surface area contributed by atoms with E-state index in [1.165, 1.54) is 11.3 Å². The third-order valence-corrected chi connectivity index (χ3v) is 5.07. The van der Waals surface area contributed by atoms with Crippen molar-refractivity contribution in [2.75, 3.05) is 6.54 Å². The molecule has 0 N–H and O–H groups in total. The van der Waals surface area contributed by atoms with Crippen LogP contribution in [0.15, 0.2) is 42.2 Å². The zero-order chi connectivity index (χ0) is 17.9. The predicted octanol–water partition coefficient (Wildman–Crippen LogP) is 2.28. The normalized spacial score (nSPS) is 17.0. The second kappa shape index (κ2) is 7.35. The summed E-state index contributed by atoms with van der Waals surface area (Å²) in [7, 11) is 0. The fraction of sp³-hybridized carbons (Fsp3) is 0.333. The van der Waals surface area contributed by atoms with Gasteiger partial charge in [-0.1, -0.05) is 6.07 Å². The van der Waals surface area contributed by atoms with E-state index in [4.69, 9.17) is 4.74 Å². The molecule has 0 spiro atoms. The van der Waals surface area contributed by atoms with Gasteiger partial charge in [-0.15, -0.1) is 11.3 Å².